The molecule has 0 saturated carbocycles. The molecule has 1 heterocycles. The lowest BCUT2D eigenvalue weighted by molar-refractivity contribution is -0.133. The zero-order chi connectivity index (χ0) is 16.2. The van der Waals surface area contributed by atoms with Crippen molar-refractivity contribution in [3.63, 3.8) is 0 Å². The summed E-state index contributed by atoms with van der Waals surface area (Å²) in [6, 6.07) is 10.4. The smallest absolute Gasteiger partial charge is 0.260 e. The minimum absolute atomic E-state index is 0.0408. The third-order valence-electron chi connectivity index (χ3n) is 4.31. The largest absolute Gasteiger partial charge is 0.484 e. The molecule has 1 amide bonds. The Morgan fingerprint density at radius 3 is 2.78 bits per heavy atom. The molecule has 1 aliphatic rings. The fourth-order valence-electron chi connectivity index (χ4n) is 3.01. The third-order valence-corrected chi connectivity index (χ3v) is 5.29. The lowest BCUT2D eigenvalue weighted by Crippen LogP contribution is -2.34. The maximum absolute atomic E-state index is 12.4. The van der Waals surface area contributed by atoms with Gasteiger partial charge in [0, 0.05) is 16.3 Å². The molecule has 1 aliphatic carbocycles. The third kappa shape index (κ3) is 3.94. The molecule has 0 radical (unpaired) electrons. The Balaban J connectivity index is 1.57. The summed E-state index contributed by atoms with van der Waals surface area (Å²) in [6.45, 7) is 5.57. The quantitative estimate of drug-likeness (QED) is 0.802. The van der Waals surface area contributed by atoms with Gasteiger partial charge in [0.25, 0.3) is 5.91 Å². The Morgan fingerprint density at radius 1 is 1.22 bits per heavy atom. The maximum atomic E-state index is 12.4. The minimum atomic E-state index is 0.0408. The van der Waals surface area contributed by atoms with Crippen LogP contribution in [0.5, 0.6) is 5.75 Å². The molecule has 4 heteroatoms. The number of fused-ring (bicyclic) bond motifs is 1. The van der Waals surface area contributed by atoms with Gasteiger partial charge in [-0.3, -0.25) is 4.79 Å². The normalized spacial score (nSPS) is 13.0. The Hall–Kier alpha value is -1.81. The van der Waals surface area contributed by atoms with E-state index in [0.717, 1.165) is 12.2 Å². The molecule has 0 N–H and O–H groups in total. The van der Waals surface area contributed by atoms with E-state index in [4.69, 9.17) is 4.74 Å². The van der Waals surface area contributed by atoms with Gasteiger partial charge >= 0.3 is 0 Å². The van der Waals surface area contributed by atoms with Crippen molar-refractivity contribution in [3.05, 3.63) is 51.2 Å². The number of carbonyl (C=O) groups is 1. The van der Waals surface area contributed by atoms with Gasteiger partial charge in [-0.15, -0.1) is 11.3 Å². The molecule has 2 aromatic rings. The van der Waals surface area contributed by atoms with E-state index in [0.29, 0.717) is 13.1 Å². The van der Waals surface area contributed by atoms with Crippen LogP contribution < -0.4 is 4.74 Å². The topological polar surface area (TPSA) is 29.5 Å². The number of benzene rings is 1. The highest BCUT2D eigenvalue weighted by molar-refractivity contribution is 7.11. The first kappa shape index (κ1) is 16.1. The second kappa shape index (κ2) is 7.18. The predicted molar refractivity (Wildman–Crippen MR) is 94.1 cm³/mol. The number of hydrogen-bond donors (Lipinski definition) is 0. The molecule has 3 nitrogen and oxygen atoms in total. The van der Waals surface area contributed by atoms with Crippen LogP contribution in [-0.2, 0) is 24.2 Å². The van der Waals surface area contributed by atoms with Crippen LogP contribution in [0.1, 0.15) is 34.2 Å². The van der Waals surface area contributed by atoms with Crippen molar-refractivity contribution < 1.29 is 9.53 Å². The fourth-order valence-corrected chi connectivity index (χ4v) is 3.92. The van der Waals surface area contributed by atoms with Gasteiger partial charge in [-0.25, -0.2) is 0 Å². The first-order valence-corrected chi connectivity index (χ1v) is 9.05. The van der Waals surface area contributed by atoms with Crippen molar-refractivity contribution in [2.24, 2.45) is 0 Å². The van der Waals surface area contributed by atoms with Crippen molar-refractivity contribution in [3.8, 4) is 5.75 Å². The molecule has 3 rings (SSSR count). The summed E-state index contributed by atoms with van der Waals surface area (Å²) in [5, 5.41) is 0. The van der Waals surface area contributed by atoms with Crippen LogP contribution >= 0.6 is 11.3 Å². The summed E-state index contributed by atoms with van der Waals surface area (Å²) in [4.78, 5) is 16.7. The van der Waals surface area contributed by atoms with Crippen molar-refractivity contribution in [1.29, 1.82) is 0 Å². The molecule has 0 aliphatic heterocycles. The predicted octanol–water partition coefficient (Wildman–Crippen LogP) is 3.97. The Bertz CT molecular complexity index is 692. The van der Waals surface area contributed by atoms with E-state index in [1.54, 1.807) is 11.3 Å². The Morgan fingerprint density at radius 2 is 2.04 bits per heavy atom. The van der Waals surface area contributed by atoms with E-state index >= 15 is 0 Å². The average Bonchev–Trinajstić information content (AvgIpc) is 3.18. The molecule has 0 fully saturated rings. The Labute approximate surface area is 141 Å². The molecule has 0 bridgehead atoms. The summed E-state index contributed by atoms with van der Waals surface area (Å²) in [7, 11) is 0. The average molecular weight is 329 g/mol. The van der Waals surface area contributed by atoms with Gasteiger partial charge in [0.15, 0.2) is 6.61 Å². The first-order chi connectivity index (χ1) is 11.2. The van der Waals surface area contributed by atoms with Crippen LogP contribution in [-0.4, -0.2) is 24.0 Å². The summed E-state index contributed by atoms with van der Waals surface area (Å²) < 4.78 is 5.73. The Kier molecular flexibility index (Phi) is 5.01. The van der Waals surface area contributed by atoms with Gasteiger partial charge in [0.05, 0.1) is 6.54 Å². The van der Waals surface area contributed by atoms with E-state index in [1.807, 2.05) is 17.9 Å². The molecule has 1 aromatic heterocycles. The van der Waals surface area contributed by atoms with Gasteiger partial charge in [0.1, 0.15) is 5.75 Å². The monoisotopic (exact) mass is 329 g/mol. The maximum Gasteiger partial charge on any atom is 0.260 e. The van der Waals surface area contributed by atoms with Crippen LogP contribution in [0.25, 0.3) is 0 Å². The number of rotatable bonds is 6. The second-order valence-electron chi connectivity index (χ2n) is 5.99. The van der Waals surface area contributed by atoms with Gasteiger partial charge in [-0.05, 0) is 68.5 Å². The summed E-state index contributed by atoms with van der Waals surface area (Å²) in [6.07, 6.45) is 3.51. The van der Waals surface area contributed by atoms with E-state index in [1.165, 1.54) is 33.7 Å². The first-order valence-electron chi connectivity index (χ1n) is 8.23. The zero-order valence-electron chi connectivity index (χ0n) is 13.8. The molecular formula is C19H23NO2S. The molecule has 23 heavy (non-hydrogen) atoms. The lowest BCUT2D eigenvalue weighted by atomic mass is 10.1. The van der Waals surface area contributed by atoms with Crippen LogP contribution in [0, 0.1) is 6.92 Å². The number of amides is 1. The van der Waals surface area contributed by atoms with Gasteiger partial charge < -0.3 is 9.64 Å². The molecule has 0 atom stereocenters. The summed E-state index contributed by atoms with van der Waals surface area (Å²) in [5.74, 6) is 0.848. The lowest BCUT2D eigenvalue weighted by Gasteiger charge is -2.20. The van der Waals surface area contributed by atoms with Crippen molar-refractivity contribution in [2.45, 2.75) is 39.7 Å². The van der Waals surface area contributed by atoms with Crippen LogP contribution in [0.15, 0.2) is 30.3 Å². The van der Waals surface area contributed by atoms with Crippen LogP contribution in [0.3, 0.4) is 0 Å². The van der Waals surface area contributed by atoms with E-state index in [-0.39, 0.29) is 12.5 Å². The summed E-state index contributed by atoms with van der Waals surface area (Å²) in [5.41, 5.74) is 2.79. The number of aryl methyl sites for hydroxylation is 3. The van der Waals surface area contributed by atoms with Crippen molar-refractivity contribution in [1.82, 2.24) is 4.90 Å². The molecule has 0 spiro atoms. The molecule has 0 saturated heterocycles. The second-order valence-corrected chi connectivity index (χ2v) is 7.37. The van der Waals surface area contributed by atoms with Crippen LogP contribution in [0.4, 0.5) is 0 Å². The van der Waals surface area contributed by atoms with E-state index in [2.05, 4.69) is 31.2 Å². The van der Waals surface area contributed by atoms with Gasteiger partial charge in [-0.1, -0.05) is 6.07 Å². The minimum Gasteiger partial charge on any atom is -0.484 e. The molecular weight excluding hydrogens is 306 g/mol. The van der Waals surface area contributed by atoms with Crippen LogP contribution in [0.2, 0.25) is 0 Å². The highest BCUT2D eigenvalue weighted by atomic mass is 32.1. The highest BCUT2D eigenvalue weighted by Gasteiger charge is 2.15. The number of thiophene rings is 1. The zero-order valence-corrected chi connectivity index (χ0v) is 14.6. The fraction of sp³-hybridized carbons (Fsp3) is 0.421. The number of carbonyl (C=O) groups excluding carboxylic acids is 1. The molecule has 1 aromatic carbocycles. The van der Waals surface area contributed by atoms with E-state index < -0.39 is 0 Å². The number of ether oxygens (including phenoxy) is 1. The molecule has 122 valence electrons. The number of hydrogen-bond acceptors (Lipinski definition) is 3. The number of likely N-dealkylation sites (N-methyl/N-ethyl adjacent to an activating group) is 1. The van der Waals surface area contributed by atoms with Gasteiger partial charge in [0.2, 0.25) is 0 Å². The van der Waals surface area contributed by atoms with Crippen molar-refractivity contribution >= 4 is 17.2 Å². The summed E-state index contributed by atoms with van der Waals surface area (Å²) >= 11 is 1.74. The standard InChI is InChI=1S/C19H23NO2S/c1-3-20(12-18-10-7-14(2)23-18)19(21)13-22-17-9-8-15-5-4-6-16(15)11-17/h7-11H,3-6,12-13H2,1-2H3. The SMILES string of the molecule is CCN(Cc1ccc(C)s1)C(=O)COc1ccc2c(c1)CCC2. The van der Waals surface area contributed by atoms with E-state index in [9.17, 15) is 4.79 Å². The highest BCUT2D eigenvalue weighted by Crippen LogP contribution is 2.26. The molecule has 0 unspecified atom stereocenters. The van der Waals surface area contributed by atoms with Crippen molar-refractivity contribution in [2.75, 3.05) is 13.2 Å². The van der Waals surface area contributed by atoms with Gasteiger partial charge in [-0.2, -0.15) is 0 Å². The number of nitrogens with zero attached hydrogens (tertiary/aromatic N) is 1.